The van der Waals surface area contributed by atoms with Crippen molar-refractivity contribution in [1.29, 1.82) is 0 Å². The second kappa shape index (κ2) is 4.29. The van der Waals surface area contributed by atoms with Crippen LogP contribution in [0.1, 0.15) is 4.88 Å². The number of nitrogens with one attached hydrogen (secondary N) is 1. The molecular formula is C8H6BrNOS. The first kappa shape index (κ1) is 9.30. The van der Waals surface area contributed by atoms with Gasteiger partial charge in [0, 0.05) is 4.88 Å². The lowest BCUT2D eigenvalue weighted by Crippen LogP contribution is -2.19. The van der Waals surface area contributed by atoms with E-state index in [1.54, 1.807) is 11.3 Å². The van der Waals surface area contributed by atoms with Crippen molar-refractivity contribution in [2.75, 3.05) is 0 Å². The van der Waals surface area contributed by atoms with E-state index in [2.05, 4.69) is 21.2 Å². The molecule has 1 rings (SSSR count). The standard InChI is InChI=1S/C8H6BrNOS/c1-2-8(11)10-5-6-3-4-7(9)12-6/h1,3-4H,5H2,(H,10,11). The van der Waals surface area contributed by atoms with Gasteiger partial charge in [-0.15, -0.1) is 17.8 Å². The predicted octanol–water partition coefficient (Wildman–Crippen LogP) is 1.76. The topological polar surface area (TPSA) is 29.1 Å². The van der Waals surface area contributed by atoms with Crippen molar-refractivity contribution in [2.24, 2.45) is 0 Å². The molecule has 4 heteroatoms. The molecule has 0 fully saturated rings. The van der Waals surface area contributed by atoms with Crippen LogP contribution in [-0.2, 0) is 11.3 Å². The van der Waals surface area contributed by atoms with Crippen molar-refractivity contribution >= 4 is 33.2 Å². The molecule has 0 bridgehead atoms. The third-order valence-corrected chi connectivity index (χ3v) is 2.81. The van der Waals surface area contributed by atoms with E-state index >= 15 is 0 Å². The summed E-state index contributed by atoms with van der Waals surface area (Å²) in [4.78, 5) is 11.7. The van der Waals surface area contributed by atoms with Gasteiger partial charge in [0.15, 0.2) is 0 Å². The van der Waals surface area contributed by atoms with E-state index in [0.29, 0.717) is 6.54 Å². The smallest absolute Gasteiger partial charge is 0.295 e. The van der Waals surface area contributed by atoms with Gasteiger partial charge >= 0.3 is 0 Å². The lowest BCUT2D eigenvalue weighted by atomic mass is 10.4. The quantitative estimate of drug-likeness (QED) is 0.789. The van der Waals surface area contributed by atoms with Crippen molar-refractivity contribution in [3.8, 4) is 12.3 Å². The van der Waals surface area contributed by atoms with Crippen LogP contribution >= 0.6 is 27.3 Å². The van der Waals surface area contributed by atoms with Crippen molar-refractivity contribution < 1.29 is 4.79 Å². The Balaban J connectivity index is 2.44. The van der Waals surface area contributed by atoms with Crippen LogP contribution in [0.5, 0.6) is 0 Å². The molecule has 1 N–H and O–H groups in total. The molecule has 12 heavy (non-hydrogen) atoms. The number of hydrogen-bond acceptors (Lipinski definition) is 2. The van der Waals surface area contributed by atoms with Gasteiger partial charge in [-0.3, -0.25) is 4.79 Å². The summed E-state index contributed by atoms with van der Waals surface area (Å²) in [6, 6.07) is 3.87. The first-order chi connectivity index (χ1) is 5.72. The van der Waals surface area contributed by atoms with Gasteiger partial charge in [0.2, 0.25) is 0 Å². The number of rotatable bonds is 2. The van der Waals surface area contributed by atoms with E-state index in [0.717, 1.165) is 8.66 Å². The Hall–Kier alpha value is -0.790. The highest BCUT2D eigenvalue weighted by Gasteiger charge is 1.98. The van der Waals surface area contributed by atoms with Gasteiger partial charge < -0.3 is 5.32 Å². The number of thiophene rings is 1. The van der Waals surface area contributed by atoms with Gasteiger partial charge in [-0.25, -0.2) is 0 Å². The second-order valence-corrected chi connectivity index (χ2v) is 4.58. The zero-order valence-corrected chi connectivity index (χ0v) is 8.54. The Morgan fingerprint density at radius 2 is 2.50 bits per heavy atom. The maximum atomic E-state index is 10.6. The maximum Gasteiger partial charge on any atom is 0.295 e. The van der Waals surface area contributed by atoms with Crippen LogP contribution in [0.4, 0.5) is 0 Å². The molecule has 0 radical (unpaired) electrons. The fourth-order valence-corrected chi connectivity index (χ4v) is 2.09. The third kappa shape index (κ3) is 2.68. The average molecular weight is 244 g/mol. The van der Waals surface area contributed by atoms with Crippen LogP contribution in [0.25, 0.3) is 0 Å². The van der Waals surface area contributed by atoms with E-state index in [1.165, 1.54) is 0 Å². The molecule has 0 aliphatic heterocycles. The fraction of sp³-hybridized carbons (Fsp3) is 0.125. The van der Waals surface area contributed by atoms with Crippen LogP contribution in [0.15, 0.2) is 15.9 Å². The van der Waals surface area contributed by atoms with E-state index in [-0.39, 0.29) is 5.91 Å². The molecule has 0 saturated heterocycles. The zero-order chi connectivity index (χ0) is 8.97. The molecule has 0 aromatic carbocycles. The Morgan fingerprint density at radius 3 is 3.00 bits per heavy atom. The summed E-state index contributed by atoms with van der Waals surface area (Å²) < 4.78 is 1.05. The summed E-state index contributed by atoms with van der Waals surface area (Å²) in [6.45, 7) is 0.499. The first-order valence-corrected chi connectivity index (χ1v) is 4.82. The summed E-state index contributed by atoms with van der Waals surface area (Å²) in [5, 5.41) is 2.58. The summed E-state index contributed by atoms with van der Waals surface area (Å²) in [5.74, 6) is 1.61. The van der Waals surface area contributed by atoms with E-state index in [4.69, 9.17) is 6.42 Å². The number of amides is 1. The maximum absolute atomic E-state index is 10.6. The monoisotopic (exact) mass is 243 g/mol. The van der Waals surface area contributed by atoms with Gasteiger partial charge in [-0.1, -0.05) is 0 Å². The minimum atomic E-state index is -0.375. The molecular weight excluding hydrogens is 238 g/mol. The van der Waals surface area contributed by atoms with E-state index < -0.39 is 0 Å². The highest BCUT2D eigenvalue weighted by molar-refractivity contribution is 9.11. The van der Waals surface area contributed by atoms with Crippen molar-refractivity contribution in [3.05, 3.63) is 20.8 Å². The fourth-order valence-electron chi connectivity index (χ4n) is 0.665. The molecule has 0 saturated carbocycles. The molecule has 1 heterocycles. The van der Waals surface area contributed by atoms with Gasteiger partial charge in [0.25, 0.3) is 5.91 Å². The number of carbonyl (C=O) groups is 1. The van der Waals surface area contributed by atoms with Crippen molar-refractivity contribution in [3.63, 3.8) is 0 Å². The summed E-state index contributed by atoms with van der Waals surface area (Å²) >= 11 is 4.90. The molecule has 0 aliphatic carbocycles. The number of halogens is 1. The molecule has 1 amide bonds. The van der Waals surface area contributed by atoms with Gasteiger partial charge in [0.05, 0.1) is 10.3 Å². The summed E-state index contributed by atoms with van der Waals surface area (Å²) in [5.41, 5.74) is 0. The lowest BCUT2D eigenvalue weighted by molar-refractivity contribution is -0.115. The summed E-state index contributed by atoms with van der Waals surface area (Å²) in [7, 11) is 0. The largest absolute Gasteiger partial charge is 0.340 e. The van der Waals surface area contributed by atoms with Crippen LogP contribution < -0.4 is 5.32 Å². The minimum Gasteiger partial charge on any atom is -0.340 e. The molecule has 0 unspecified atom stereocenters. The average Bonchev–Trinajstić information content (AvgIpc) is 2.47. The molecule has 0 aliphatic rings. The first-order valence-electron chi connectivity index (χ1n) is 3.21. The number of terminal acetylenes is 1. The van der Waals surface area contributed by atoms with Gasteiger partial charge in [-0.05, 0) is 34.0 Å². The molecule has 0 atom stereocenters. The Bertz CT molecular complexity index is 326. The Morgan fingerprint density at radius 1 is 1.75 bits per heavy atom. The van der Waals surface area contributed by atoms with Crippen molar-refractivity contribution in [1.82, 2.24) is 5.32 Å². The molecule has 1 aromatic rings. The number of carbonyl (C=O) groups excluding carboxylic acids is 1. The Labute approximate surface area is 83.1 Å². The van der Waals surface area contributed by atoms with Crippen LogP contribution in [0.2, 0.25) is 0 Å². The van der Waals surface area contributed by atoms with Crippen LogP contribution in [-0.4, -0.2) is 5.91 Å². The summed E-state index contributed by atoms with van der Waals surface area (Å²) in [6.07, 6.45) is 4.87. The van der Waals surface area contributed by atoms with Gasteiger partial charge in [0.1, 0.15) is 0 Å². The van der Waals surface area contributed by atoms with Crippen LogP contribution in [0.3, 0.4) is 0 Å². The van der Waals surface area contributed by atoms with Gasteiger partial charge in [-0.2, -0.15) is 0 Å². The number of hydrogen-bond donors (Lipinski definition) is 1. The van der Waals surface area contributed by atoms with E-state index in [9.17, 15) is 4.79 Å². The lowest BCUT2D eigenvalue weighted by Gasteiger charge is -1.95. The molecule has 0 spiro atoms. The normalized spacial score (nSPS) is 9.00. The molecule has 62 valence electrons. The van der Waals surface area contributed by atoms with E-state index in [1.807, 2.05) is 18.1 Å². The molecule has 1 aromatic heterocycles. The predicted molar refractivity (Wildman–Crippen MR) is 52.7 cm³/mol. The van der Waals surface area contributed by atoms with Crippen LogP contribution in [0, 0.1) is 12.3 Å². The highest BCUT2D eigenvalue weighted by atomic mass is 79.9. The highest BCUT2D eigenvalue weighted by Crippen LogP contribution is 2.21. The van der Waals surface area contributed by atoms with Crippen molar-refractivity contribution in [2.45, 2.75) is 6.54 Å². The second-order valence-electron chi connectivity index (χ2n) is 2.03. The SMILES string of the molecule is C#CC(=O)NCc1ccc(Br)s1. The minimum absolute atomic E-state index is 0.375. The Kier molecular flexibility index (Phi) is 3.32. The zero-order valence-electron chi connectivity index (χ0n) is 6.13. The third-order valence-electron chi connectivity index (χ3n) is 1.18. The molecule has 2 nitrogen and oxygen atoms in total.